The van der Waals surface area contributed by atoms with Gasteiger partial charge in [-0.05, 0) is 11.6 Å². The Morgan fingerprint density at radius 1 is 1.50 bits per heavy atom. The first-order chi connectivity index (χ1) is 8.53. The lowest BCUT2D eigenvalue weighted by atomic mass is 9.64. The number of pyridine rings is 1. The van der Waals surface area contributed by atoms with Crippen molar-refractivity contribution in [3.05, 3.63) is 35.2 Å². The van der Waals surface area contributed by atoms with E-state index in [9.17, 15) is 14.7 Å². The number of hydrogen-bond acceptors (Lipinski definition) is 3. The second-order valence-electron chi connectivity index (χ2n) is 4.51. The van der Waals surface area contributed by atoms with Crippen LogP contribution in [0.3, 0.4) is 0 Å². The molecule has 0 bridgehead atoms. The number of halogens is 1. The van der Waals surface area contributed by atoms with Crippen LogP contribution in [0.1, 0.15) is 18.4 Å². The van der Waals surface area contributed by atoms with Crippen LogP contribution >= 0.6 is 11.6 Å². The molecule has 1 aliphatic rings. The summed E-state index contributed by atoms with van der Waals surface area (Å²) in [4.78, 5) is 26.7. The SMILES string of the molecule is O=C1CC(C(=O)O)(c2cc(Cl)c3nccn3c2)C1. The van der Waals surface area contributed by atoms with E-state index in [1.165, 1.54) is 0 Å². The van der Waals surface area contributed by atoms with E-state index in [0.717, 1.165) is 0 Å². The van der Waals surface area contributed by atoms with E-state index in [0.29, 0.717) is 16.2 Å². The average molecular weight is 265 g/mol. The number of aliphatic carboxylic acids is 1. The molecule has 2 aromatic heterocycles. The Balaban J connectivity index is 2.18. The standard InChI is InChI=1S/C12H9ClN2O3/c13-9-3-7(6-15-2-1-14-10(9)15)12(11(17)18)4-8(16)5-12/h1-3,6H,4-5H2,(H,17,18). The quantitative estimate of drug-likeness (QED) is 0.896. The van der Waals surface area contributed by atoms with E-state index in [1.807, 2.05) is 0 Å². The van der Waals surface area contributed by atoms with Gasteiger partial charge >= 0.3 is 5.97 Å². The predicted molar refractivity (Wildman–Crippen MR) is 63.8 cm³/mol. The molecule has 1 aliphatic carbocycles. The van der Waals surface area contributed by atoms with Crippen molar-refractivity contribution in [3.8, 4) is 0 Å². The smallest absolute Gasteiger partial charge is 0.315 e. The average Bonchev–Trinajstić information content (AvgIpc) is 2.72. The Labute approximate surface area is 107 Å². The number of carbonyl (C=O) groups is 2. The van der Waals surface area contributed by atoms with Gasteiger partial charge in [0, 0.05) is 31.4 Å². The number of ketones is 1. The van der Waals surface area contributed by atoms with Crippen molar-refractivity contribution in [2.75, 3.05) is 0 Å². The van der Waals surface area contributed by atoms with E-state index in [2.05, 4.69) is 4.98 Å². The van der Waals surface area contributed by atoms with Crippen molar-refractivity contribution in [3.63, 3.8) is 0 Å². The van der Waals surface area contributed by atoms with Crippen LogP contribution in [0, 0.1) is 0 Å². The second kappa shape index (κ2) is 3.55. The monoisotopic (exact) mass is 264 g/mol. The van der Waals surface area contributed by atoms with Gasteiger partial charge in [-0.1, -0.05) is 11.6 Å². The lowest BCUT2D eigenvalue weighted by molar-refractivity contribution is -0.153. The third kappa shape index (κ3) is 1.37. The third-order valence-electron chi connectivity index (χ3n) is 3.40. The summed E-state index contributed by atoms with van der Waals surface area (Å²) in [5, 5.41) is 9.73. The van der Waals surface area contributed by atoms with Gasteiger partial charge in [0.15, 0.2) is 5.65 Å². The maximum absolute atomic E-state index is 11.4. The van der Waals surface area contributed by atoms with Gasteiger partial charge < -0.3 is 9.51 Å². The van der Waals surface area contributed by atoms with Crippen LogP contribution in [0.4, 0.5) is 0 Å². The Hall–Kier alpha value is -1.88. The lowest BCUT2D eigenvalue weighted by Gasteiger charge is -2.36. The van der Waals surface area contributed by atoms with E-state index in [1.54, 1.807) is 29.1 Å². The number of Topliss-reactive ketones (excluding diaryl/α,β-unsaturated/α-hetero) is 1. The first-order valence-corrected chi connectivity index (χ1v) is 5.78. The van der Waals surface area contributed by atoms with E-state index < -0.39 is 11.4 Å². The van der Waals surface area contributed by atoms with Gasteiger partial charge in [0.05, 0.1) is 5.02 Å². The molecule has 2 aromatic rings. The van der Waals surface area contributed by atoms with Crippen molar-refractivity contribution in [1.82, 2.24) is 9.38 Å². The van der Waals surface area contributed by atoms with Gasteiger partial charge in [0.25, 0.3) is 0 Å². The van der Waals surface area contributed by atoms with Crippen LogP contribution in [-0.4, -0.2) is 26.2 Å². The summed E-state index contributed by atoms with van der Waals surface area (Å²) in [6, 6.07) is 1.59. The van der Waals surface area contributed by atoms with Gasteiger partial charge in [-0.15, -0.1) is 0 Å². The first kappa shape index (κ1) is 11.2. The Kier molecular flexibility index (Phi) is 2.22. The molecule has 0 atom stereocenters. The zero-order valence-corrected chi connectivity index (χ0v) is 10.0. The predicted octanol–water partition coefficient (Wildman–Crippen LogP) is 1.67. The highest BCUT2D eigenvalue weighted by Crippen LogP contribution is 2.42. The van der Waals surface area contributed by atoms with E-state index in [4.69, 9.17) is 11.6 Å². The summed E-state index contributed by atoms with van der Waals surface area (Å²) in [5.41, 5.74) is -0.00386. The molecule has 0 radical (unpaired) electrons. The van der Waals surface area contributed by atoms with Crippen molar-refractivity contribution in [1.29, 1.82) is 0 Å². The highest BCUT2D eigenvalue weighted by molar-refractivity contribution is 6.33. The number of nitrogens with zero attached hydrogens (tertiary/aromatic N) is 2. The molecular weight excluding hydrogens is 256 g/mol. The molecule has 0 aliphatic heterocycles. The molecular formula is C12H9ClN2O3. The van der Waals surface area contributed by atoms with Crippen LogP contribution in [0.15, 0.2) is 24.7 Å². The molecule has 0 amide bonds. The van der Waals surface area contributed by atoms with Gasteiger partial charge in [0.1, 0.15) is 11.2 Å². The molecule has 18 heavy (non-hydrogen) atoms. The summed E-state index contributed by atoms with van der Waals surface area (Å²) in [6.07, 6.45) is 5.01. The van der Waals surface area contributed by atoms with Crippen molar-refractivity contribution < 1.29 is 14.7 Å². The fourth-order valence-corrected chi connectivity index (χ4v) is 2.62. The van der Waals surface area contributed by atoms with Gasteiger partial charge in [-0.2, -0.15) is 0 Å². The molecule has 3 rings (SSSR count). The van der Waals surface area contributed by atoms with Crippen LogP contribution in [0.5, 0.6) is 0 Å². The van der Waals surface area contributed by atoms with Gasteiger partial charge in [-0.25, -0.2) is 4.98 Å². The fourth-order valence-electron chi connectivity index (χ4n) is 2.35. The topological polar surface area (TPSA) is 71.7 Å². The van der Waals surface area contributed by atoms with E-state index >= 15 is 0 Å². The summed E-state index contributed by atoms with van der Waals surface area (Å²) in [6.45, 7) is 0. The normalized spacial score (nSPS) is 17.7. The Morgan fingerprint density at radius 3 is 2.83 bits per heavy atom. The largest absolute Gasteiger partial charge is 0.481 e. The van der Waals surface area contributed by atoms with Crippen molar-refractivity contribution >= 4 is 29.0 Å². The molecule has 0 unspecified atom stereocenters. The molecule has 0 spiro atoms. The molecule has 0 aromatic carbocycles. The molecule has 1 N–H and O–H groups in total. The maximum Gasteiger partial charge on any atom is 0.315 e. The molecule has 1 fully saturated rings. The maximum atomic E-state index is 11.4. The number of carboxylic acids is 1. The number of hydrogen-bond donors (Lipinski definition) is 1. The number of rotatable bonds is 2. The van der Waals surface area contributed by atoms with Crippen molar-refractivity contribution in [2.24, 2.45) is 0 Å². The Morgan fingerprint density at radius 2 is 2.22 bits per heavy atom. The minimum absolute atomic E-state index is 0.0267. The second-order valence-corrected chi connectivity index (χ2v) is 4.92. The zero-order valence-electron chi connectivity index (χ0n) is 9.26. The van der Waals surface area contributed by atoms with E-state index in [-0.39, 0.29) is 18.6 Å². The minimum atomic E-state index is -1.13. The third-order valence-corrected chi connectivity index (χ3v) is 3.68. The number of fused-ring (bicyclic) bond motifs is 1. The lowest BCUT2D eigenvalue weighted by Crippen LogP contribution is -2.48. The molecule has 0 saturated heterocycles. The van der Waals surface area contributed by atoms with Gasteiger partial charge in [-0.3, -0.25) is 9.59 Å². The first-order valence-electron chi connectivity index (χ1n) is 5.41. The zero-order chi connectivity index (χ0) is 12.9. The summed E-state index contributed by atoms with van der Waals surface area (Å²) in [5.74, 6) is -1.03. The summed E-state index contributed by atoms with van der Waals surface area (Å²) in [7, 11) is 0. The molecule has 6 heteroatoms. The van der Waals surface area contributed by atoms with Crippen LogP contribution < -0.4 is 0 Å². The highest BCUT2D eigenvalue weighted by Gasteiger charge is 2.51. The Bertz CT molecular complexity index is 669. The number of carbonyl (C=O) groups excluding carboxylic acids is 1. The van der Waals surface area contributed by atoms with Crippen molar-refractivity contribution in [2.45, 2.75) is 18.3 Å². The molecule has 1 saturated carbocycles. The van der Waals surface area contributed by atoms with Crippen LogP contribution in [-0.2, 0) is 15.0 Å². The highest BCUT2D eigenvalue weighted by atomic mass is 35.5. The summed E-state index contributed by atoms with van der Waals surface area (Å²) < 4.78 is 1.67. The summed E-state index contributed by atoms with van der Waals surface area (Å²) >= 11 is 6.07. The minimum Gasteiger partial charge on any atom is -0.481 e. The molecule has 2 heterocycles. The number of aromatic nitrogens is 2. The van der Waals surface area contributed by atoms with Crippen LogP contribution in [0.2, 0.25) is 5.02 Å². The van der Waals surface area contributed by atoms with Crippen LogP contribution in [0.25, 0.3) is 5.65 Å². The fraction of sp³-hybridized carbons (Fsp3) is 0.250. The number of carboxylic acid groups (broad SMARTS) is 1. The van der Waals surface area contributed by atoms with Gasteiger partial charge in [0.2, 0.25) is 0 Å². The number of imidazole rings is 1. The molecule has 92 valence electrons. The molecule has 5 nitrogen and oxygen atoms in total.